The lowest BCUT2D eigenvalue weighted by atomic mass is 9.49. The van der Waals surface area contributed by atoms with Crippen LogP contribution in [0.5, 0.6) is 0 Å². The highest BCUT2D eigenvalue weighted by Crippen LogP contribution is 2.59. The molecule has 2 N–H and O–H groups in total. The summed E-state index contributed by atoms with van der Waals surface area (Å²) in [6, 6.07) is 8.34. The Balaban J connectivity index is 1.13. The zero-order chi connectivity index (χ0) is 21.4. The first-order valence-corrected chi connectivity index (χ1v) is 11.9. The average Bonchev–Trinajstić information content (AvgIpc) is 3.20. The highest BCUT2D eigenvalue weighted by atomic mass is 16.2. The molecule has 0 unspecified atom stereocenters. The Kier molecular flexibility index (Phi) is 5.59. The fourth-order valence-corrected chi connectivity index (χ4v) is 7.20. The minimum absolute atomic E-state index is 0.00447. The van der Waals surface area contributed by atoms with Crippen LogP contribution in [0.2, 0.25) is 0 Å². The number of carbonyl (C=O) groups is 3. The van der Waals surface area contributed by atoms with E-state index >= 15 is 0 Å². The number of amides is 3. The SMILES string of the molecule is O=C(CN1CCC[C@@H]1C(=O)NC(=O)c1ccccc1)NCC12CC3CC(CC(C3)C1)C2. The first kappa shape index (κ1) is 20.7. The van der Waals surface area contributed by atoms with Crippen molar-refractivity contribution in [2.45, 2.75) is 57.4 Å². The van der Waals surface area contributed by atoms with Crippen LogP contribution in [0.3, 0.4) is 0 Å². The molecule has 0 aromatic heterocycles. The topological polar surface area (TPSA) is 78.5 Å². The first-order valence-electron chi connectivity index (χ1n) is 11.9. The maximum Gasteiger partial charge on any atom is 0.257 e. The normalized spacial score (nSPS) is 33.9. The minimum atomic E-state index is -0.419. The first-order chi connectivity index (χ1) is 15.0. The molecule has 31 heavy (non-hydrogen) atoms. The molecule has 1 aromatic carbocycles. The van der Waals surface area contributed by atoms with Gasteiger partial charge in [-0.25, -0.2) is 0 Å². The van der Waals surface area contributed by atoms with Gasteiger partial charge < -0.3 is 5.32 Å². The number of nitrogens with one attached hydrogen (secondary N) is 2. The van der Waals surface area contributed by atoms with Gasteiger partial charge in [0.2, 0.25) is 11.8 Å². The highest BCUT2D eigenvalue weighted by Gasteiger charge is 2.50. The fourth-order valence-electron chi connectivity index (χ4n) is 7.20. The highest BCUT2D eigenvalue weighted by molar-refractivity contribution is 6.06. The molecular formula is C25H33N3O3. The lowest BCUT2D eigenvalue weighted by Crippen LogP contribution is -2.53. The van der Waals surface area contributed by atoms with Crippen LogP contribution < -0.4 is 10.6 Å². The maximum atomic E-state index is 12.8. The van der Waals surface area contributed by atoms with Gasteiger partial charge in [-0.1, -0.05) is 18.2 Å². The largest absolute Gasteiger partial charge is 0.354 e. The van der Waals surface area contributed by atoms with Gasteiger partial charge in [0, 0.05) is 12.1 Å². The van der Waals surface area contributed by atoms with Crippen molar-refractivity contribution in [2.75, 3.05) is 19.6 Å². The second-order valence-electron chi connectivity index (χ2n) is 10.5. The van der Waals surface area contributed by atoms with Crippen molar-refractivity contribution in [1.29, 1.82) is 0 Å². The molecule has 166 valence electrons. The molecule has 1 aliphatic heterocycles. The van der Waals surface area contributed by atoms with Crippen molar-refractivity contribution in [2.24, 2.45) is 23.2 Å². The standard InChI is InChI=1S/C25H33N3O3/c29-22(26-16-25-12-17-9-18(13-25)11-19(10-17)14-25)15-28-8-4-7-21(28)24(31)27-23(30)20-5-2-1-3-6-20/h1-3,5-6,17-19,21H,4,7-16H2,(H,26,29)(H,27,30,31)/t17?,18?,19?,21-,25?/m1/s1. The molecule has 6 rings (SSSR count). The third-order valence-electron chi connectivity index (χ3n) is 8.11. The second-order valence-corrected chi connectivity index (χ2v) is 10.5. The zero-order valence-electron chi connectivity index (χ0n) is 18.1. The molecule has 3 amide bonds. The number of carbonyl (C=O) groups excluding carboxylic acids is 3. The summed E-state index contributed by atoms with van der Waals surface area (Å²) < 4.78 is 0. The van der Waals surface area contributed by atoms with Gasteiger partial charge in [-0.15, -0.1) is 0 Å². The summed E-state index contributed by atoms with van der Waals surface area (Å²) in [4.78, 5) is 39.7. The number of rotatable bonds is 6. The Bertz CT molecular complexity index is 818. The van der Waals surface area contributed by atoms with Crippen LogP contribution in [0.25, 0.3) is 0 Å². The van der Waals surface area contributed by atoms with Crippen molar-refractivity contribution >= 4 is 17.7 Å². The van der Waals surface area contributed by atoms with Gasteiger partial charge in [0.05, 0.1) is 12.6 Å². The summed E-state index contributed by atoms with van der Waals surface area (Å²) in [6.45, 7) is 1.72. The van der Waals surface area contributed by atoms with E-state index in [4.69, 9.17) is 0 Å². The number of hydrogen-bond acceptors (Lipinski definition) is 4. The summed E-state index contributed by atoms with van der Waals surface area (Å²) in [5, 5.41) is 5.72. The van der Waals surface area contributed by atoms with Crippen LogP contribution in [0.15, 0.2) is 30.3 Å². The van der Waals surface area contributed by atoms with E-state index < -0.39 is 6.04 Å². The lowest BCUT2D eigenvalue weighted by Gasteiger charge is -2.56. The molecule has 0 radical (unpaired) electrons. The molecule has 5 fully saturated rings. The van der Waals surface area contributed by atoms with Crippen molar-refractivity contribution in [3.8, 4) is 0 Å². The van der Waals surface area contributed by atoms with Crippen LogP contribution in [0, 0.1) is 23.2 Å². The molecule has 1 atom stereocenters. The number of hydrogen-bond donors (Lipinski definition) is 2. The summed E-state index contributed by atoms with van der Waals surface area (Å²) >= 11 is 0. The summed E-state index contributed by atoms with van der Waals surface area (Å²) in [5.41, 5.74) is 0.780. The predicted octanol–water partition coefficient (Wildman–Crippen LogP) is 2.74. The third-order valence-corrected chi connectivity index (χ3v) is 8.11. The molecule has 4 bridgehead atoms. The molecule has 4 aliphatic carbocycles. The van der Waals surface area contributed by atoms with Crippen molar-refractivity contribution < 1.29 is 14.4 Å². The molecule has 1 saturated heterocycles. The van der Waals surface area contributed by atoms with Crippen LogP contribution in [0.1, 0.15) is 61.7 Å². The Morgan fingerprint density at radius 2 is 1.61 bits per heavy atom. The monoisotopic (exact) mass is 423 g/mol. The van der Waals surface area contributed by atoms with Crippen molar-refractivity contribution in [1.82, 2.24) is 15.5 Å². The molecule has 0 spiro atoms. The van der Waals surface area contributed by atoms with Crippen LogP contribution in [-0.2, 0) is 9.59 Å². The van der Waals surface area contributed by atoms with Gasteiger partial charge in [-0.2, -0.15) is 0 Å². The molecule has 6 heteroatoms. The van der Waals surface area contributed by atoms with E-state index in [9.17, 15) is 14.4 Å². The molecule has 1 heterocycles. The van der Waals surface area contributed by atoms with Crippen LogP contribution >= 0.6 is 0 Å². The molecule has 5 aliphatic rings. The van der Waals surface area contributed by atoms with Gasteiger partial charge in [0.25, 0.3) is 5.91 Å². The van der Waals surface area contributed by atoms with E-state index in [2.05, 4.69) is 10.6 Å². The smallest absolute Gasteiger partial charge is 0.257 e. The van der Waals surface area contributed by atoms with Crippen LogP contribution in [-0.4, -0.2) is 48.3 Å². The summed E-state index contributed by atoms with van der Waals surface area (Å²) in [6.07, 6.45) is 9.56. The van der Waals surface area contributed by atoms with Gasteiger partial charge in [0.1, 0.15) is 0 Å². The van der Waals surface area contributed by atoms with Gasteiger partial charge in [-0.3, -0.25) is 24.6 Å². The van der Waals surface area contributed by atoms with E-state index in [0.717, 1.165) is 30.7 Å². The Hall–Kier alpha value is -2.21. The van der Waals surface area contributed by atoms with Gasteiger partial charge in [-0.05, 0) is 93.2 Å². The number of likely N-dealkylation sites (tertiary alicyclic amines) is 1. The quantitative estimate of drug-likeness (QED) is 0.690. The molecule has 1 aromatic rings. The number of nitrogens with zero attached hydrogens (tertiary/aromatic N) is 1. The zero-order valence-corrected chi connectivity index (χ0v) is 18.1. The van der Waals surface area contributed by atoms with E-state index in [1.807, 2.05) is 11.0 Å². The van der Waals surface area contributed by atoms with E-state index in [1.165, 1.54) is 38.5 Å². The summed E-state index contributed by atoms with van der Waals surface area (Å²) in [5.74, 6) is 1.93. The van der Waals surface area contributed by atoms with E-state index in [-0.39, 0.29) is 24.3 Å². The molecular weight excluding hydrogens is 390 g/mol. The number of benzene rings is 1. The second kappa shape index (κ2) is 8.38. The predicted molar refractivity (Wildman–Crippen MR) is 117 cm³/mol. The Morgan fingerprint density at radius 1 is 0.968 bits per heavy atom. The Morgan fingerprint density at radius 3 is 2.26 bits per heavy atom. The molecule has 6 nitrogen and oxygen atoms in total. The Labute approximate surface area is 184 Å². The van der Waals surface area contributed by atoms with Gasteiger partial charge >= 0.3 is 0 Å². The van der Waals surface area contributed by atoms with Gasteiger partial charge in [0.15, 0.2) is 0 Å². The molecule has 4 saturated carbocycles. The minimum Gasteiger partial charge on any atom is -0.354 e. The van der Waals surface area contributed by atoms with E-state index in [1.54, 1.807) is 24.3 Å². The third kappa shape index (κ3) is 4.40. The van der Waals surface area contributed by atoms with Crippen molar-refractivity contribution in [3.05, 3.63) is 35.9 Å². The van der Waals surface area contributed by atoms with Crippen LogP contribution in [0.4, 0.5) is 0 Å². The van der Waals surface area contributed by atoms with Crippen molar-refractivity contribution in [3.63, 3.8) is 0 Å². The average molecular weight is 424 g/mol. The number of imide groups is 1. The lowest BCUT2D eigenvalue weighted by molar-refractivity contribution is -0.128. The summed E-state index contributed by atoms with van der Waals surface area (Å²) in [7, 11) is 0. The van der Waals surface area contributed by atoms with E-state index in [0.29, 0.717) is 23.9 Å². The maximum absolute atomic E-state index is 12.8. The fraction of sp³-hybridized carbons (Fsp3) is 0.640.